The third kappa shape index (κ3) is 7.54. The highest BCUT2D eigenvalue weighted by atomic mass is 32.2. The first kappa shape index (κ1) is 17.8. The Balaban J connectivity index is 2.34. The lowest BCUT2D eigenvalue weighted by molar-refractivity contribution is -0.0416. The summed E-state index contributed by atoms with van der Waals surface area (Å²) in [7, 11) is -3.51. The SMILES string of the molecule is CC(C)COCCOCC1(CS(N)(=O)=O)CCOCC1. The second-order valence-electron chi connectivity index (χ2n) is 5.94. The maximum atomic E-state index is 11.4. The fraction of sp³-hybridized carbons (Fsp3) is 1.00. The van der Waals surface area contributed by atoms with E-state index in [0.29, 0.717) is 58.4 Å². The summed E-state index contributed by atoms with van der Waals surface area (Å²) in [5.41, 5.74) is -0.413. The van der Waals surface area contributed by atoms with Crippen molar-refractivity contribution in [2.45, 2.75) is 26.7 Å². The van der Waals surface area contributed by atoms with Gasteiger partial charge in [0, 0.05) is 25.2 Å². The van der Waals surface area contributed by atoms with E-state index in [2.05, 4.69) is 13.8 Å². The number of primary sulfonamides is 1. The summed E-state index contributed by atoms with van der Waals surface area (Å²) in [5, 5.41) is 5.19. The van der Waals surface area contributed by atoms with Crippen LogP contribution in [0, 0.1) is 11.3 Å². The van der Waals surface area contributed by atoms with Gasteiger partial charge in [0.2, 0.25) is 10.0 Å². The lowest BCUT2D eigenvalue weighted by atomic mass is 9.83. The Hall–Kier alpha value is -0.210. The van der Waals surface area contributed by atoms with Gasteiger partial charge >= 0.3 is 0 Å². The van der Waals surface area contributed by atoms with Gasteiger partial charge in [-0.25, -0.2) is 13.6 Å². The highest BCUT2D eigenvalue weighted by Crippen LogP contribution is 2.32. The molecule has 1 aliphatic heterocycles. The summed E-state index contributed by atoms with van der Waals surface area (Å²) in [6.07, 6.45) is 1.33. The Morgan fingerprint density at radius 1 is 1.20 bits per heavy atom. The van der Waals surface area contributed by atoms with Gasteiger partial charge in [0.1, 0.15) is 0 Å². The number of hydrogen-bond acceptors (Lipinski definition) is 5. The Bertz CT molecular complexity index is 363. The quantitative estimate of drug-likeness (QED) is 0.635. The fourth-order valence-corrected chi connectivity index (χ4v) is 3.51. The molecule has 7 heteroatoms. The normalized spacial score (nSPS) is 19.4. The van der Waals surface area contributed by atoms with Crippen molar-refractivity contribution < 1.29 is 22.6 Å². The molecule has 0 aromatic carbocycles. The van der Waals surface area contributed by atoms with Crippen molar-refractivity contribution in [3.63, 3.8) is 0 Å². The summed E-state index contributed by atoms with van der Waals surface area (Å²) in [4.78, 5) is 0. The molecule has 0 aromatic rings. The van der Waals surface area contributed by atoms with Crippen LogP contribution in [0.5, 0.6) is 0 Å². The molecule has 1 heterocycles. The number of ether oxygens (including phenoxy) is 3. The Labute approximate surface area is 122 Å². The van der Waals surface area contributed by atoms with Gasteiger partial charge in [0.15, 0.2) is 0 Å². The molecule has 2 N–H and O–H groups in total. The van der Waals surface area contributed by atoms with Crippen molar-refractivity contribution in [1.29, 1.82) is 0 Å². The van der Waals surface area contributed by atoms with Crippen molar-refractivity contribution in [3.05, 3.63) is 0 Å². The van der Waals surface area contributed by atoms with Crippen LogP contribution in [0.1, 0.15) is 26.7 Å². The lowest BCUT2D eigenvalue weighted by Gasteiger charge is -2.36. The lowest BCUT2D eigenvalue weighted by Crippen LogP contribution is -2.42. The molecule has 1 saturated heterocycles. The highest BCUT2D eigenvalue weighted by molar-refractivity contribution is 7.89. The highest BCUT2D eigenvalue weighted by Gasteiger charge is 2.36. The van der Waals surface area contributed by atoms with Gasteiger partial charge in [0.25, 0.3) is 0 Å². The zero-order chi connectivity index (χ0) is 15.1. The van der Waals surface area contributed by atoms with Crippen molar-refractivity contribution >= 4 is 10.0 Å². The van der Waals surface area contributed by atoms with E-state index in [1.807, 2.05) is 0 Å². The van der Waals surface area contributed by atoms with Gasteiger partial charge in [-0.05, 0) is 18.8 Å². The molecule has 6 nitrogen and oxygen atoms in total. The number of rotatable bonds is 9. The molecule has 120 valence electrons. The van der Waals surface area contributed by atoms with Gasteiger partial charge in [-0.2, -0.15) is 0 Å². The van der Waals surface area contributed by atoms with Crippen LogP contribution in [0.3, 0.4) is 0 Å². The smallest absolute Gasteiger partial charge is 0.209 e. The predicted octanol–water partition coefficient (Wildman–Crippen LogP) is 0.761. The van der Waals surface area contributed by atoms with Crippen LogP contribution in [-0.2, 0) is 24.2 Å². The Morgan fingerprint density at radius 2 is 1.80 bits per heavy atom. The monoisotopic (exact) mass is 309 g/mol. The zero-order valence-electron chi connectivity index (χ0n) is 12.5. The molecule has 0 radical (unpaired) electrons. The molecule has 0 unspecified atom stereocenters. The van der Waals surface area contributed by atoms with E-state index in [4.69, 9.17) is 19.3 Å². The van der Waals surface area contributed by atoms with Crippen LogP contribution < -0.4 is 5.14 Å². The molecule has 0 saturated carbocycles. The number of hydrogen-bond donors (Lipinski definition) is 1. The third-order valence-corrected chi connectivity index (χ3v) is 4.31. The molecule has 0 spiro atoms. The van der Waals surface area contributed by atoms with Crippen LogP contribution >= 0.6 is 0 Å². The molecular formula is C13H27NO5S. The van der Waals surface area contributed by atoms with E-state index in [9.17, 15) is 8.42 Å². The minimum absolute atomic E-state index is 0.0454. The van der Waals surface area contributed by atoms with Gasteiger partial charge in [0.05, 0.1) is 25.6 Å². The van der Waals surface area contributed by atoms with E-state index in [0.717, 1.165) is 0 Å². The van der Waals surface area contributed by atoms with Crippen LogP contribution in [0.15, 0.2) is 0 Å². The summed E-state index contributed by atoms with van der Waals surface area (Å²) in [5.74, 6) is 0.454. The predicted molar refractivity (Wildman–Crippen MR) is 76.9 cm³/mol. The zero-order valence-corrected chi connectivity index (χ0v) is 13.3. The van der Waals surface area contributed by atoms with E-state index >= 15 is 0 Å². The van der Waals surface area contributed by atoms with Crippen LogP contribution in [0.2, 0.25) is 0 Å². The Kier molecular flexibility index (Phi) is 7.39. The van der Waals surface area contributed by atoms with Gasteiger partial charge in [-0.3, -0.25) is 0 Å². The third-order valence-electron chi connectivity index (χ3n) is 3.29. The minimum Gasteiger partial charge on any atom is -0.381 e. The molecule has 1 rings (SSSR count). The molecule has 0 amide bonds. The molecule has 1 fully saturated rings. The first-order valence-electron chi connectivity index (χ1n) is 7.07. The molecule has 0 atom stereocenters. The molecule has 20 heavy (non-hydrogen) atoms. The minimum atomic E-state index is -3.51. The molecule has 1 aliphatic rings. The van der Waals surface area contributed by atoms with Crippen molar-refractivity contribution in [2.24, 2.45) is 16.5 Å². The van der Waals surface area contributed by atoms with Crippen molar-refractivity contribution in [2.75, 3.05) is 45.4 Å². The van der Waals surface area contributed by atoms with Crippen molar-refractivity contribution in [3.8, 4) is 0 Å². The standard InChI is InChI=1S/C13H27NO5S/c1-12(2)9-18-7-8-19-10-13(11-20(14,15)16)3-5-17-6-4-13/h12H,3-11H2,1-2H3,(H2,14,15,16). The maximum Gasteiger partial charge on any atom is 0.209 e. The second kappa shape index (κ2) is 8.29. The summed E-state index contributed by atoms with van der Waals surface area (Å²) in [6.45, 7) is 7.39. The van der Waals surface area contributed by atoms with Gasteiger partial charge < -0.3 is 14.2 Å². The van der Waals surface area contributed by atoms with E-state index in [-0.39, 0.29) is 5.75 Å². The van der Waals surface area contributed by atoms with Gasteiger partial charge in [-0.1, -0.05) is 13.8 Å². The van der Waals surface area contributed by atoms with Gasteiger partial charge in [-0.15, -0.1) is 0 Å². The summed E-state index contributed by atoms with van der Waals surface area (Å²) in [6, 6.07) is 0. The molecule has 0 aliphatic carbocycles. The van der Waals surface area contributed by atoms with Crippen molar-refractivity contribution in [1.82, 2.24) is 0 Å². The van der Waals surface area contributed by atoms with E-state index in [1.165, 1.54) is 0 Å². The van der Waals surface area contributed by atoms with Crippen LogP contribution in [0.4, 0.5) is 0 Å². The first-order valence-corrected chi connectivity index (χ1v) is 8.78. The summed E-state index contributed by atoms with van der Waals surface area (Å²) < 4.78 is 39.1. The molecule has 0 bridgehead atoms. The second-order valence-corrected chi connectivity index (χ2v) is 7.56. The summed E-state index contributed by atoms with van der Waals surface area (Å²) >= 11 is 0. The van der Waals surface area contributed by atoms with E-state index in [1.54, 1.807) is 0 Å². The van der Waals surface area contributed by atoms with E-state index < -0.39 is 15.4 Å². The average molecular weight is 309 g/mol. The molecule has 0 aromatic heterocycles. The average Bonchev–Trinajstić information content (AvgIpc) is 2.32. The number of nitrogens with two attached hydrogens (primary N) is 1. The Morgan fingerprint density at radius 3 is 2.35 bits per heavy atom. The molecular weight excluding hydrogens is 282 g/mol. The number of sulfonamides is 1. The van der Waals surface area contributed by atoms with Crippen LogP contribution in [-0.4, -0.2) is 53.8 Å². The fourth-order valence-electron chi connectivity index (χ4n) is 2.29. The topological polar surface area (TPSA) is 87.9 Å². The largest absolute Gasteiger partial charge is 0.381 e. The first-order chi connectivity index (χ1) is 9.33. The van der Waals surface area contributed by atoms with Crippen LogP contribution in [0.25, 0.3) is 0 Å². The maximum absolute atomic E-state index is 11.4.